The van der Waals surface area contributed by atoms with Crippen molar-refractivity contribution in [2.24, 2.45) is 0 Å². The molecule has 15 heavy (non-hydrogen) atoms. The van der Waals surface area contributed by atoms with Gasteiger partial charge in [0.15, 0.2) is 0 Å². The number of benzene rings is 1. The summed E-state index contributed by atoms with van der Waals surface area (Å²) in [7, 11) is 0. The monoisotopic (exact) mass is 198 g/mol. The summed E-state index contributed by atoms with van der Waals surface area (Å²) in [4.78, 5) is 0. The smallest absolute Gasteiger partial charge is 0.0192 e. The molecule has 0 saturated carbocycles. The minimum Gasteiger partial charge on any atom is -0.0984 e. The van der Waals surface area contributed by atoms with Crippen molar-refractivity contribution in [3.05, 3.63) is 53.1 Å². The highest BCUT2D eigenvalue weighted by molar-refractivity contribution is 5.74. The fourth-order valence-electron chi connectivity index (χ4n) is 2.20. The molecule has 0 N–H and O–H groups in total. The molecule has 0 bridgehead atoms. The van der Waals surface area contributed by atoms with Crippen molar-refractivity contribution in [2.75, 3.05) is 0 Å². The molecule has 1 aromatic carbocycles. The number of hydrogen-bond donors (Lipinski definition) is 0. The maximum atomic E-state index is 3.86. The van der Waals surface area contributed by atoms with E-state index in [1.165, 1.54) is 33.4 Å². The molecule has 0 nitrogen and oxygen atoms in total. The summed E-state index contributed by atoms with van der Waals surface area (Å²) in [6.45, 7) is 17.9. The van der Waals surface area contributed by atoms with E-state index < -0.39 is 0 Å². The third-order valence-electron chi connectivity index (χ3n) is 3.04. The van der Waals surface area contributed by atoms with Crippen LogP contribution in [0.25, 0.3) is 18.2 Å². The summed E-state index contributed by atoms with van der Waals surface area (Å²) in [5.74, 6) is 0. The van der Waals surface area contributed by atoms with E-state index in [2.05, 4.69) is 40.5 Å². The molecule has 0 amide bonds. The lowest BCUT2D eigenvalue weighted by molar-refractivity contribution is 1.27. The Bertz CT molecular complexity index is 346. The molecule has 0 atom stereocenters. The normalized spacial score (nSPS) is 9.80. The van der Waals surface area contributed by atoms with Crippen LogP contribution in [0.1, 0.15) is 33.4 Å². The van der Waals surface area contributed by atoms with Gasteiger partial charge < -0.3 is 0 Å². The van der Waals surface area contributed by atoms with Gasteiger partial charge in [-0.3, -0.25) is 0 Å². The van der Waals surface area contributed by atoms with Crippen molar-refractivity contribution < 1.29 is 0 Å². The highest BCUT2D eigenvalue weighted by atomic mass is 14.2. The SMILES string of the molecule is C=Cc1c(C)c(C=C)c(C)c(C=C)c1C. The van der Waals surface area contributed by atoms with Crippen LogP contribution in [0.15, 0.2) is 19.7 Å². The van der Waals surface area contributed by atoms with Crippen molar-refractivity contribution in [2.45, 2.75) is 20.8 Å². The Labute approximate surface area is 92.6 Å². The molecule has 0 fully saturated rings. The third kappa shape index (κ3) is 1.68. The molecule has 0 saturated heterocycles. The zero-order valence-electron chi connectivity index (χ0n) is 9.85. The molecule has 0 aliphatic carbocycles. The summed E-state index contributed by atoms with van der Waals surface area (Å²) in [6, 6.07) is 0. The van der Waals surface area contributed by atoms with Gasteiger partial charge >= 0.3 is 0 Å². The van der Waals surface area contributed by atoms with Gasteiger partial charge in [0.05, 0.1) is 0 Å². The number of rotatable bonds is 3. The van der Waals surface area contributed by atoms with Gasteiger partial charge in [-0.15, -0.1) is 0 Å². The van der Waals surface area contributed by atoms with E-state index in [0.29, 0.717) is 0 Å². The summed E-state index contributed by atoms with van der Waals surface area (Å²) in [5, 5.41) is 0. The van der Waals surface area contributed by atoms with Crippen LogP contribution < -0.4 is 0 Å². The molecule has 0 spiro atoms. The van der Waals surface area contributed by atoms with Gasteiger partial charge in [-0.25, -0.2) is 0 Å². The maximum absolute atomic E-state index is 3.86. The van der Waals surface area contributed by atoms with Crippen molar-refractivity contribution in [1.82, 2.24) is 0 Å². The molecule has 0 radical (unpaired) electrons. The van der Waals surface area contributed by atoms with Crippen LogP contribution in [0.3, 0.4) is 0 Å². The Morgan fingerprint density at radius 3 is 0.933 bits per heavy atom. The molecule has 0 heteroatoms. The Morgan fingerprint density at radius 2 is 0.800 bits per heavy atom. The van der Waals surface area contributed by atoms with Crippen molar-refractivity contribution in [3.8, 4) is 0 Å². The fraction of sp³-hybridized carbons (Fsp3) is 0.200. The lowest BCUT2D eigenvalue weighted by Crippen LogP contribution is -1.98. The quantitative estimate of drug-likeness (QED) is 0.669. The van der Waals surface area contributed by atoms with Gasteiger partial charge in [0.2, 0.25) is 0 Å². The Morgan fingerprint density at radius 1 is 0.600 bits per heavy atom. The molecule has 0 unspecified atom stereocenters. The lowest BCUT2D eigenvalue weighted by Gasteiger charge is -2.16. The van der Waals surface area contributed by atoms with Gasteiger partial charge in [-0.2, -0.15) is 0 Å². The Kier molecular flexibility index (Phi) is 3.31. The molecule has 0 heterocycles. The second-order valence-electron chi connectivity index (χ2n) is 3.73. The molecule has 78 valence electrons. The first-order valence-electron chi connectivity index (χ1n) is 5.09. The van der Waals surface area contributed by atoms with Crippen LogP contribution >= 0.6 is 0 Å². The minimum absolute atomic E-state index is 1.20. The average molecular weight is 198 g/mol. The van der Waals surface area contributed by atoms with E-state index in [4.69, 9.17) is 0 Å². The molecule has 0 aromatic heterocycles. The molecule has 0 aliphatic rings. The van der Waals surface area contributed by atoms with Crippen molar-refractivity contribution in [3.63, 3.8) is 0 Å². The van der Waals surface area contributed by atoms with E-state index in [0.717, 1.165) is 0 Å². The summed E-state index contributed by atoms with van der Waals surface area (Å²) in [5.41, 5.74) is 7.35. The highest BCUT2D eigenvalue weighted by Gasteiger charge is 2.11. The largest absolute Gasteiger partial charge is 0.0984 e. The predicted octanol–water partition coefficient (Wildman–Crippen LogP) is 4.54. The van der Waals surface area contributed by atoms with Gasteiger partial charge in [0.1, 0.15) is 0 Å². The first-order chi connectivity index (χ1) is 7.08. The molecule has 1 aromatic rings. The first kappa shape index (κ1) is 11.5. The van der Waals surface area contributed by atoms with Crippen molar-refractivity contribution >= 4 is 18.2 Å². The van der Waals surface area contributed by atoms with Crippen LogP contribution in [-0.2, 0) is 0 Å². The first-order valence-corrected chi connectivity index (χ1v) is 5.09. The molecule has 1 rings (SSSR count). The fourth-order valence-corrected chi connectivity index (χ4v) is 2.20. The topological polar surface area (TPSA) is 0 Å². The standard InChI is InChI=1S/C15H18/c1-7-13-10(4)14(8-2)12(6)15(9-3)11(13)5/h7-9H,1-3H2,4-6H3. The third-order valence-corrected chi connectivity index (χ3v) is 3.04. The highest BCUT2D eigenvalue weighted by Crippen LogP contribution is 2.29. The zero-order valence-corrected chi connectivity index (χ0v) is 9.85. The van der Waals surface area contributed by atoms with E-state index in [1.807, 2.05) is 18.2 Å². The average Bonchev–Trinajstić information content (AvgIpc) is 2.19. The minimum atomic E-state index is 1.20. The van der Waals surface area contributed by atoms with Crippen molar-refractivity contribution in [1.29, 1.82) is 0 Å². The van der Waals surface area contributed by atoms with E-state index >= 15 is 0 Å². The summed E-state index contributed by atoms with van der Waals surface area (Å²) in [6.07, 6.45) is 5.72. The summed E-state index contributed by atoms with van der Waals surface area (Å²) >= 11 is 0. The van der Waals surface area contributed by atoms with E-state index in [-0.39, 0.29) is 0 Å². The second kappa shape index (κ2) is 4.31. The number of hydrogen-bond acceptors (Lipinski definition) is 0. The van der Waals surface area contributed by atoms with E-state index in [9.17, 15) is 0 Å². The van der Waals surface area contributed by atoms with Crippen LogP contribution in [0.2, 0.25) is 0 Å². The molecular weight excluding hydrogens is 180 g/mol. The van der Waals surface area contributed by atoms with Crippen LogP contribution in [-0.4, -0.2) is 0 Å². The van der Waals surface area contributed by atoms with Gasteiger partial charge in [-0.05, 0) is 54.2 Å². The predicted molar refractivity (Wildman–Crippen MR) is 70.9 cm³/mol. The molecular formula is C15H18. The van der Waals surface area contributed by atoms with Gasteiger partial charge in [-0.1, -0.05) is 38.0 Å². The maximum Gasteiger partial charge on any atom is -0.0192 e. The molecule has 0 aliphatic heterocycles. The Balaban J connectivity index is 3.79. The Hall–Kier alpha value is -1.56. The van der Waals surface area contributed by atoms with Crippen LogP contribution in [0, 0.1) is 20.8 Å². The summed E-state index contributed by atoms with van der Waals surface area (Å²) < 4.78 is 0. The lowest BCUT2D eigenvalue weighted by atomic mass is 9.88. The van der Waals surface area contributed by atoms with E-state index in [1.54, 1.807) is 0 Å². The second-order valence-corrected chi connectivity index (χ2v) is 3.73. The van der Waals surface area contributed by atoms with Crippen LogP contribution in [0.5, 0.6) is 0 Å². The van der Waals surface area contributed by atoms with Crippen LogP contribution in [0.4, 0.5) is 0 Å². The zero-order chi connectivity index (χ0) is 11.6. The van der Waals surface area contributed by atoms with Gasteiger partial charge in [0, 0.05) is 0 Å². The van der Waals surface area contributed by atoms with Gasteiger partial charge in [0.25, 0.3) is 0 Å².